The molecule has 8 heteroatoms. The highest BCUT2D eigenvalue weighted by Gasteiger charge is 2.36. The third-order valence-corrected chi connectivity index (χ3v) is 7.52. The van der Waals surface area contributed by atoms with E-state index in [0.717, 1.165) is 5.56 Å². The normalized spacial score (nSPS) is 17.0. The molecule has 0 fully saturated rings. The highest BCUT2D eigenvalue weighted by atomic mass is 32.2. The minimum atomic E-state index is -3.83. The SMILES string of the molecule is C[C@@H]1Cc2ccccc2N1S(=O)(=O)c1cccc(C(=O)Nc2ccc3c(c2)OCCO3)c1. The fraction of sp³-hybridized carbons (Fsp3) is 0.208. The Hall–Kier alpha value is -3.52. The number of nitrogens with zero attached hydrogens (tertiary/aromatic N) is 1. The molecule has 5 rings (SSSR count). The molecule has 2 aliphatic heterocycles. The van der Waals surface area contributed by atoms with Crippen LogP contribution in [0.5, 0.6) is 11.5 Å². The van der Waals surface area contributed by atoms with Gasteiger partial charge in [0.1, 0.15) is 13.2 Å². The van der Waals surface area contributed by atoms with Crippen molar-refractivity contribution in [3.63, 3.8) is 0 Å². The molecule has 1 atom stereocenters. The number of nitrogens with one attached hydrogen (secondary N) is 1. The third-order valence-electron chi connectivity index (χ3n) is 5.60. The molecule has 0 saturated carbocycles. The average molecular weight is 451 g/mol. The summed E-state index contributed by atoms with van der Waals surface area (Å²) in [6.07, 6.45) is 0.652. The molecule has 2 aliphatic rings. The van der Waals surface area contributed by atoms with E-state index in [2.05, 4.69) is 5.32 Å². The van der Waals surface area contributed by atoms with Crippen LogP contribution < -0.4 is 19.1 Å². The van der Waals surface area contributed by atoms with Crippen molar-refractivity contribution in [1.29, 1.82) is 0 Å². The first-order valence-electron chi connectivity index (χ1n) is 10.4. The number of hydrogen-bond donors (Lipinski definition) is 1. The van der Waals surface area contributed by atoms with Crippen LogP contribution in [0.2, 0.25) is 0 Å². The summed E-state index contributed by atoms with van der Waals surface area (Å²) in [5, 5.41) is 2.80. The van der Waals surface area contributed by atoms with Gasteiger partial charge in [-0.2, -0.15) is 0 Å². The lowest BCUT2D eigenvalue weighted by atomic mass is 10.1. The third kappa shape index (κ3) is 3.56. The predicted octanol–water partition coefficient (Wildman–Crippen LogP) is 3.85. The quantitative estimate of drug-likeness (QED) is 0.653. The fourth-order valence-corrected chi connectivity index (χ4v) is 5.88. The molecule has 0 saturated heterocycles. The van der Waals surface area contributed by atoms with Gasteiger partial charge in [0.05, 0.1) is 10.6 Å². The second-order valence-corrected chi connectivity index (χ2v) is 9.64. The van der Waals surface area contributed by atoms with Crippen molar-refractivity contribution in [3.8, 4) is 11.5 Å². The van der Waals surface area contributed by atoms with Crippen molar-refractivity contribution < 1.29 is 22.7 Å². The topological polar surface area (TPSA) is 84.9 Å². The maximum atomic E-state index is 13.5. The Morgan fingerprint density at radius 3 is 2.59 bits per heavy atom. The Bertz CT molecular complexity index is 1310. The molecule has 164 valence electrons. The number of carbonyl (C=O) groups excluding carboxylic acids is 1. The van der Waals surface area contributed by atoms with Gasteiger partial charge in [-0.1, -0.05) is 24.3 Å². The zero-order chi connectivity index (χ0) is 22.3. The summed E-state index contributed by atoms with van der Waals surface area (Å²) >= 11 is 0. The molecule has 7 nitrogen and oxygen atoms in total. The number of carbonyl (C=O) groups is 1. The molecule has 0 aliphatic carbocycles. The molecule has 32 heavy (non-hydrogen) atoms. The van der Waals surface area contributed by atoms with Gasteiger partial charge in [-0.05, 0) is 55.3 Å². The van der Waals surface area contributed by atoms with E-state index >= 15 is 0 Å². The van der Waals surface area contributed by atoms with Crippen molar-refractivity contribution in [2.75, 3.05) is 22.8 Å². The predicted molar refractivity (Wildman–Crippen MR) is 121 cm³/mol. The average Bonchev–Trinajstić information content (AvgIpc) is 3.15. The number of amides is 1. The molecule has 2 heterocycles. The van der Waals surface area contributed by atoms with Gasteiger partial charge in [0.25, 0.3) is 15.9 Å². The Morgan fingerprint density at radius 2 is 1.75 bits per heavy atom. The van der Waals surface area contributed by atoms with Crippen molar-refractivity contribution in [1.82, 2.24) is 0 Å². The second kappa shape index (κ2) is 7.87. The van der Waals surface area contributed by atoms with Crippen molar-refractivity contribution >= 4 is 27.3 Å². The highest BCUT2D eigenvalue weighted by molar-refractivity contribution is 7.92. The van der Waals surface area contributed by atoms with Gasteiger partial charge in [-0.25, -0.2) is 8.42 Å². The highest BCUT2D eigenvalue weighted by Crippen LogP contribution is 2.37. The Balaban J connectivity index is 1.41. The van der Waals surface area contributed by atoms with Crippen LogP contribution in [0.4, 0.5) is 11.4 Å². The lowest BCUT2D eigenvalue weighted by molar-refractivity contribution is 0.102. The standard InChI is InChI=1S/C24H22N2O5S/c1-16-13-17-5-2-3-8-21(17)26(16)32(28,29)20-7-4-6-18(14-20)24(27)25-19-9-10-22-23(15-19)31-12-11-30-22/h2-10,14-16H,11-13H2,1H3,(H,25,27)/t16-/m1/s1. The number of hydrogen-bond acceptors (Lipinski definition) is 5. The van der Waals surface area contributed by atoms with Crippen molar-refractivity contribution in [2.24, 2.45) is 0 Å². The van der Waals surface area contributed by atoms with Crippen LogP contribution in [0.3, 0.4) is 0 Å². The lowest BCUT2D eigenvalue weighted by Crippen LogP contribution is -2.35. The molecule has 0 unspecified atom stereocenters. The molecule has 0 bridgehead atoms. The second-order valence-electron chi connectivity index (χ2n) is 7.82. The number of rotatable bonds is 4. The molecular weight excluding hydrogens is 428 g/mol. The smallest absolute Gasteiger partial charge is 0.264 e. The van der Waals surface area contributed by atoms with Gasteiger partial charge < -0.3 is 14.8 Å². The van der Waals surface area contributed by atoms with Gasteiger partial charge in [-0.3, -0.25) is 9.10 Å². The lowest BCUT2D eigenvalue weighted by Gasteiger charge is -2.24. The van der Waals surface area contributed by atoms with Gasteiger partial charge in [0, 0.05) is 23.4 Å². The number of benzene rings is 3. The molecule has 1 amide bonds. The summed E-state index contributed by atoms with van der Waals surface area (Å²) in [6.45, 7) is 2.82. The minimum absolute atomic E-state index is 0.0795. The van der Waals surface area contributed by atoms with E-state index < -0.39 is 15.9 Å². The van der Waals surface area contributed by atoms with Crippen molar-refractivity contribution in [3.05, 3.63) is 77.9 Å². The number of para-hydroxylation sites is 1. The Labute approximate surface area is 186 Å². The maximum Gasteiger partial charge on any atom is 0.264 e. The number of ether oxygens (including phenoxy) is 2. The molecule has 0 spiro atoms. The first-order chi connectivity index (χ1) is 15.4. The summed E-state index contributed by atoms with van der Waals surface area (Å²) in [6, 6.07) is 18.5. The van der Waals surface area contributed by atoms with Crippen molar-refractivity contribution in [2.45, 2.75) is 24.3 Å². The molecule has 0 aromatic heterocycles. The minimum Gasteiger partial charge on any atom is -0.486 e. The monoisotopic (exact) mass is 450 g/mol. The molecule has 3 aromatic carbocycles. The summed E-state index contributed by atoms with van der Waals surface area (Å²) in [4.78, 5) is 12.9. The first kappa shape index (κ1) is 20.4. The first-order valence-corrected chi connectivity index (χ1v) is 11.8. The zero-order valence-electron chi connectivity index (χ0n) is 17.4. The van der Waals surface area contributed by atoms with E-state index in [1.165, 1.54) is 16.4 Å². The molecule has 3 aromatic rings. The molecular formula is C24H22N2O5S. The van der Waals surface area contributed by atoms with E-state index in [4.69, 9.17) is 9.47 Å². The van der Waals surface area contributed by atoms with E-state index in [0.29, 0.717) is 42.5 Å². The summed E-state index contributed by atoms with van der Waals surface area (Å²) in [5.41, 5.74) is 2.47. The van der Waals surface area contributed by atoms with Gasteiger partial charge in [0.15, 0.2) is 11.5 Å². The van der Waals surface area contributed by atoms with Crippen LogP contribution in [0.15, 0.2) is 71.6 Å². The zero-order valence-corrected chi connectivity index (χ0v) is 18.3. The van der Waals surface area contributed by atoms with Crippen LogP contribution in [-0.2, 0) is 16.4 Å². The van der Waals surface area contributed by atoms with Crippen LogP contribution in [0.25, 0.3) is 0 Å². The number of anilines is 2. The fourth-order valence-electron chi connectivity index (χ4n) is 4.14. The Morgan fingerprint density at radius 1 is 0.969 bits per heavy atom. The summed E-state index contributed by atoms with van der Waals surface area (Å²) < 4.78 is 39.4. The van der Waals surface area contributed by atoms with Gasteiger partial charge in [-0.15, -0.1) is 0 Å². The van der Waals surface area contributed by atoms with E-state index in [-0.39, 0.29) is 16.5 Å². The number of sulfonamides is 1. The van der Waals surface area contributed by atoms with Gasteiger partial charge in [0.2, 0.25) is 0 Å². The molecule has 0 radical (unpaired) electrons. The largest absolute Gasteiger partial charge is 0.486 e. The summed E-state index contributed by atoms with van der Waals surface area (Å²) in [7, 11) is -3.83. The van der Waals surface area contributed by atoms with Crippen LogP contribution in [0.1, 0.15) is 22.8 Å². The Kier molecular flexibility index (Phi) is 5.01. The van der Waals surface area contributed by atoms with Crippen LogP contribution in [-0.4, -0.2) is 33.6 Å². The number of fused-ring (bicyclic) bond motifs is 2. The van der Waals surface area contributed by atoms with E-state index in [9.17, 15) is 13.2 Å². The van der Waals surface area contributed by atoms with E-state index in [1.54, 1.807) is 30.3 Å². The maximum absolute atomic E-state index is 13.5. The van der Waals surface area contributed by atoms with E-state index in [1.807, 2.05) is 31.2 Å². The van der Waals surface area contributed by atoms with Crippen LogP contribution in [0, 0.1) is 0 Å². The summed E-state index contributed by atoms with van der Waals surface area (Å²) in [5.74, 6) is 0.781. The van der Waals surface area contributed by atoms with Crippen LogP contribution >= 0.6 is 0 Å². The molecule has 1 N–H and O–H groups in total. The van der Waals surface area contributed by atoms with Gasteiger partial charge >= 0.3 is 0 Å².